The Bertz CT molecular complexity index is 601. The van der Waals surface area contributed by atoms with Crippen molar-refractivity contribution in [1.29, 1.82) is 0 Å². The van der Waals surface area contributed by atoms with Crippen LogP contribution in [-0.4, -0.2) is 22.5 Å². The maximum absolute atomic E-state index is 14.2. The number of aliphatic hydroxyl groups is 1. The van der Waals surface area contributed by atoms with E-state index in [9.17, 15) is 14.6 Å². The summed E-state index contributed by atoms with van der Waals surface area (Å²) in [4.78, 5) is 0. The van der Waals surface area contributed by atoms with Gasteiger partial charge in [-0.2, -0.15) is 0 Å². The Morgan fingerprint density at radius 2 is 2.09 bits per heavy atom. The number of fused-ring (bicyclic) bond motifs is 5. The van der Waals surface area contributed by atoms with E-state index in [0.717, 1.165) is 19.3 Å². The minimum atomic E-state index is -1.07. The van der Waals surface area contributed by atoms with Crippen LogP contribution in [0.25, 0.3) is 0 Å². The summed E-state index contributed by atoms with van der Waals surface area (Å²) in [6, 6.07) is 5.74. The average molecular weight is 303 g/mol. The van der Waals surface area contributed by atoms with Gasteiger partial charge in [0.1, 0.15) is 11.9 Å². The molecule has 1 aromatic carbocycles. The number of aromatic hydroxyl groups is 1. The van der Waals surface area contributed by atoms with E-state index in [1.807, 2.05) is 6.07 Å². The van der Waals surface area contributed by atoms with Crippen molar-refractivity contribution in [3.05, 3.63) is 29.3 Å². The number of benzene rings is 1. The van der Waals surface area contributed by atoms with Crippen molar-refractivity contribution in [1.82, 2.24) is 0 Å². The third kappa shape index (κ3) is 1.81. The predicted octanol–water partition coefficient (Wildman–Crippen LogP) is 3.80. The van der Waals surface area contributed by atoms with Gasteiger partial charge in [0.05, 0.1) is 6.10 Å². The second-order valence-corrected chi connectivity index (χ2v) is 8.10. The lowest BCUT2D eigenvalue weighted by atomic mass is 9.53. The van der Waals surface area contributed by atoms with Crippen molar-refractivity contribution in [3.8, 4) is 5.75 Å². The number of phenols is 1. The van der Waals surface area contributed by atoms with Gasteiger partial charge in [-0.15, -0.1) is 0 Å². The Kier molecular flexibility index (Phi) is 3.10. The van der Waals surface area contributed by atoms with E-state index >= 15 is 0 Å². The van der Waals surface area contributed by atoms with Crippen molar-refractivity contribution >= 4 is 0 Å². The molecule has 0 bridgehead atoms. The van der Waals surface area contributed by atoms with Gasteiger partial charge in [0.15, 0.2) is 0 Å². The molecule has 4 rings (SSSR count). The molecule has 0 spiro atoms. The van der Waals surface area contributed by atoms with Crippen LogP contribution in [0.5, 0.6) is 5.75 Å². The minimum Gasteiger partial charge on any atom is -0.508 e. The molecule has 0 aromatic heterocycles. The molecule has 2 nitrogen and oxygen atoms in total. The van der Waals surface area contributed by atoms with Crippen LogP contribution in [-0.2, 0) is 6.42 Å². The summed E-state index contributed by atoms with van der Waals surface area (Å²) in [7, 11) is 0. The smallest absolute Gasteiger partial charge is 0.127 e. The normalized spacial score (nSPS) is 46.7. The highest BCUT2D eigenvalue weighted by atomic mass is 18.2. The zero-order valence-electron chi connectivity index (χ0n) is 13.3. The first-order valence-corrected chi connectivity index (χ1v) is 8.55. The maximum Gasteiger partial charge on any atom is 0.127 e. The molecular formula is C19H25FO2. The highest BCUT2D eigenvalue weighted by Gasteiger charge is 2.59. The van der Waals surface area contributed by atoms with Crippen LogP contribution in [0.1, 0.15) is 50.2 Å². The van der Waals surface area contributed by atoms with E-state index < -0.39 is 12.3 Å². The molecule has 0 aliphatic heterocycles. The molecular weight excluding hydrogens is 278 g/mol. The molecule has 3 heteroatoms. The molecule has 2 fully saturated rings. The molecule has 0 amide bonds. The first-order valence-electron chi connectivity index (χ1n) is 8.55. The zero-order chi connectivity index (χ0) is 15.6. The summed E-state index contributed by atoms with van der Waals surface area (Å²) in [6.07, 6.45) is 1.51. The van der Waals surface area contributed by atoms with Crippen molar-refractivity contribution in [2.75, 3.05) is 0 Å². The van der Waals surface area contributed by atoms with Crippen LogP contribution in [0.3, 0.4) is 0 Å². The molecule has 2 saturated carbocycles. The molecule has 1 aromatic rings. The Morgan fingerprint density at radius 3 is 2.86 bits per heavy atom. The van der Waals surface area contributed by atoms with E-state index in [4.69, 9.17) is 0 Å². The highest BCUT2D eigenvalue weighted by Crippen LogP contribution is 2.62. The van der Waals surface area contributed by atoms with Gasteiger partial charge in [-0.1, -0.05) is 19.9 Å². The van der Waals surface area contributed by atoms with Gasteiger partial charge in [0.2, 0.25) is 0 Å². The number of halogens is 1. The van der Waals surface area contributed by atoms with Crippen LogP contribution in [0.4, 0.5) is 4.39 Å². The fourth-order valence-electron chi connectivity index (χ4n) is 5.91. The van der Waals surface area contributed by atoms with E-state index in [1.165, 1.54) is 11.1 Å². The van der Waals surface area contributed by atoms with Crippen LogP contribution in [0, 0.1) is 23.2 Å². The van der Waals surface area contributed by atoms with Gasteiger partial charge in [-0.05, 0) is 78.0 Å². The van der Waals surface area contributed by atoms with Crippen molar-refractivity contribution < 1.29 is 14.6 Å². The van der Waals surface area contributed by atoms with Crippen molar-refractivity contribution in [2.45, 2.75) is 57.7 Å². The molecule has 120 valence electrons. The Labute approximate surface area is 131 Å². The topological polar surface area (TPSA) is 40.5 Å². The summed E-state index contributed by atoms with van der Waals surface area (Å²) < 4.78 is 14.2. The summed E-state index contributed by atoms with van der Waals surface area (Å²) in [6.45, 7) is 4.35. The first kappa shape index (κ1) is 14.5. The van der Waals surface area contributed by atoms with Gasteiger partial charge >= 0.3 is 0 Å². The zero-order valence-corrected chi connectivity index (χ0v) is 13.3. The molecule has 7 atom stereocenters. The number of hydrogen-bond donors (Lipinski definition) is 2. The number of phenolic OH excluding ortho intramolecular Hbond substituents is 1. The van der Waals surface area contributed by atoms with E-state index in [0.29, 0.717) is 29.9 Å². The average Bonchev–Trinajstić information content (AvgIpc) is 2.70. The molecule has 22 heavy (non-hydrogen) atoms. The monoisotopic (exact) mass is 303 g/mol. The third-order valence-electron chi connectivity index (χ3n) is 6.99. The number of aliphatic hydroxyl groups excluding tert-OH is 1. The van der Waals surface area contributed by atoms with Gasteiger partial charge in [-0.3, -0.25) is 0 Å². The third-order valence-corrected chi connectivity index (χ3v) is 6.99. The van der Waals surface area contributed by atoms with Crippen molar-refractivity contribution in [2.24, 2.45) is 23.2 Å². The fourth-order valence-corrected chi connectivity index (χ4v) is 5.91. The van der Waals surface area contributed by atoms with E-state index in [2.05, 4.69) is 19.9 Å². The summed E-state index contributed by atoms with van der Waals surface area (Å²) >= 11 is 0. The summed E-state index contributed by atoms with van der Waals surface area (Å²) in [5.74, 6) is 1.99. The van der Waals surface area contributed by atoms with Gasteiger partial charge in [0, 0.05) is 0 Å². The fraction of sp³-hybridized carbons (Fsp3) is 0.684. The molecule has 3 aliphatic carbocycles. The molecule has 2 N–H and O–H groups in total. The van der Waals surface area contributed by atoms with E-state index in [1.54, 1.807) is 6.07 Å². The Hall–Kier alpha value is -1.09. The van der Waals surface area contributed by atoms with Crippen LogP contribution >= 0.6 is 0 Å². The van der Waals surface area contributed by atoms with Gasteiger partial charge in [0.25, 0.3) is 0 Å². The van der Waals surface area contributed by atoms with Crippen molar-refractivity contribution in [3.63, 3.8) is 0 Å². The largest absolute Gasteiger partial charge is 0.508 e. The molecule has 0 unspecified atom stereocenters. The Morgan fingerprint density at radius 1 is 1.32 bits per heavy atom. The lowest BCUT2D eigenvalue weighted by molar-refractivity contribution is -0.0464. The lowest BCUT2D eigenvalue weighted by Gasteiger charge is -2.52. The molecule has 0 radical (unpaired) electrons. The Balaban J connectivity index is 1.76. The quantitative estimate of drug-likeness (QED) is 0.765. The lowest BCUT2D eigenvalue weighted by Crippen LogP contribution is -2.47. The van der Waals surface area contributed by atoms with Crippen LogP contribution in [0.2, 0.25) is 0 Å². The van der Waals surface area contributed by atoms with Crippen LogP contribution < -0.4 is 0 Å². The summed E-state index contributed by atoms with van der Waals surface area (Å²) in [5.41, 5.74) is 2.34. The minimum absolute atomic E-state index is 0.261. The maximum atomic E-state index is 14.2. The standard InChI is InChI=1S/C19H25FO2/c1-10-7-11-8-12(21)3-4-13(11)14-5-6-19(2)15(17(10)14)9-16(20)18(19)22/h3-4,8,10,14-18,21-22H,5-7,9H2,1-2H3/t10-,14-,15+,16-,17-,18+,19+/m1/s1/i20-1. The van der Waals surface area contributed by atoms with Gasteiger partial charge < -0.3 is 10.2 Å². The van der Waals surface area contributed by atoms with E-state index in [-0.39, 0.29) is 11.3 Å². The SMILES string of the molecule is C[C@@H]1Cc2cc(O)ccc2[C@H]2CC[C@]3(C)[C@@H](O)[C@H]([18F])C[C@H]3[C@H]12. The molecule has 0 heterocycles. The predicted molar refractivity (Wildman–Crippen MR) is 83.6 cm³/mol. The summed E-state index contributed by atoms with van der Waals surface area (Å²) in [5, 5.41) is 20.1. The van der Waals surface area contributed by atoms with Gasteiger partial charge in [-0.25, -0.2) is 4.39 Å². The highest BCUT2D eigenvalue weighted by molar-refractivity contribution is 5.40. The van der Waals surface area contributed by atoms with Crippen LogP contribution in [0.15, 0.2) is 18.2 Å². The molecule has 0 saturated heterocycles. The molecule has 3 aliphatic rings. The first-order chi connectivity index (χ1) is 10.4. The second kappa shape index (κ2) is 4.70. The number of hydrogen-bond acceptors (Lipinski definition) is 2. The number of rotatable bonds is 0. The number of alkyl halides is 1. The second-order valence-electron chi connectivity index (χ2n) is 8.10.